The molecule has 0 unspecified atom stereocenters. The fourth-order valence-electron chi connectivity index (χ4n) is 1.55. The first kappa shape index (κ1) is 14.7. The lowest BCUT2D eigenvalue weighted by molar-refractivity contribution is 0.199. The summed E-state index contributed by atoms with van der Waals surface area (Å²) in [6, 6.07) is 5.46. The Balaban J connectivity index is 1.88. The number of rotatable bonds is 7. The lowest BCUT2D eigenvalue weighted by atomic mass is 10.3. The average molecular weight is 294 g/mol. The van der Waals surface area contributed by atoms with Gasteiger partial charge in [-0.2, -0.15) is 0 Å². The topological polar surface area (TPSA) is 56.3 Å². The predicted octanol–water partition coefficient (Wildman–Crippen LogP) is 2.66. The van der Waals surface area contributed by atoms with Gasteiger partial charge in [0, 0.05) is 44.7 Å². The van der Waals surface area contributed by atoms with Crippen molar-refractivity contribution in [3.05, 3.63) is 47.4 Å². The number of hydrogen-bond donors (Lipinski definition) is 1. The third-order valence-electron chi connectivity index (χ3n) is 2.51. The summed E-state index contributed by atoms with van der Waals surface area (Å²) in [6.07, 6.45) is 4.91. The highest BCUT2D eigenvalue weighted by molar-refractivity contribution is 6.30. The van der Waals surface area contributed by atoms with Gasteiger partial charge in [0.1, 0.15) is 5.75 Å². The van der Waals surface area contributed by atoms with Crippen molar-refractivity contribution in [3.63, 3.8) is 0 Å². The van der Waals surface area contributed by atoms with Crippen molar-refractivity contribution >= 4 is 11.6 Å². The normalized spacial score (nSPS) is 10.5. The van der Waals surface area contributed by atoms with Crippen LogP contribution in [0.4, 0.5) is 0 Å². The molecule has 0 aromatic carbocycles. The summed E-state index contributed by atoms with van der Waals surface area (Å²) in [5.74, 6) is 1.07. The molecule has 2 heterocycles. The summed E-state index contributed by atoms with van der Waals surface area (Å²) in [7, 11) is 1.68. The van der Waals surface area contributed by atoms with Gasteiger partial charge < -0.3 is 14.8 Å². The maximum Gasteiger partial charge on any atom is 0.219 e. The summed E-state index contributed by atoms with van der Waals surface area (Å²) in [5, 5.41) is 3.78. The molecule has 2 aromatic rings. The minimum Gasteiger partial charge on any atom is -0.437 e. The third-order valence-corrected chi connectivity index (χ3v) is 2.72. The van der Waals surface area contributed by atoms with Gasteiger partial charge in [-0.15, -0.1) is 0 Å². The Kier molecular flexibility index (Phi) is 5.73. The molecule has 0 aliphatic rings. The molecule has 2 aromatic heterocycles. The first-order valence-corrected chi connectivity index (χ1v) is 6.59. The van der Waals surface area contributed by atoms with E-state index in [4.69, 9.17) is 21.1 Å². The van der Waals surface area contributed by atoms with E-state index in [0.717, 1.165) is 18.7 Å². The second kappa shape index (κ2) is 7.79. The number of methoxy groups -OCH3 is 1. The molecule has 20 heavy (non-hydrogen) atoms. The zero-order chi connectivity index (χ0) is 14.2. The largest absolute Gasteiger partial charge is 0.437 e. The molecule has 6 heteroatoms. The zero-order valence-electron chi connectivity index (χ0n) is 11.2. The van der Waals surface area contributed by atoms with E-state index in [9.17, 15) is 0 Å². The van der Waals surface area contributed by atoms with Crippen molar-refractivity contribution in [3.8, 4) is 11.6 Å². The Labute approximate surface area is 122 Å². The van der Waals surface area contributed by atoms with Gasteiger partial charge in [0.15, 0.2) is 0 Å². The van der Waals surface area contributed by atoms with Gasteiger partial charge in [0.05, 0.1) is 17.8 Å². The standard InChI is InChI=1S/C14H16ClN3O2/c1-19-5-4-16-7-11-2-3-14(18-8-11)20-13-6-12(15)9-17-10-13/h2-3,6,8-10,16H,4-5,7H2,1H3. The number of nitrogens with zero attached hydrogens (tertiary/aromatic N) is 2. The zero-order valence-corrected chi connectivity index (χ0v) is 11.9. The van der Waals surface area contributed by atoms with Crippen LogP contribution in [0.2, 0.25) is 5.02 Å². The average Bonchev–Trinajstić information content (AvgIpc) is 2.45. The lowest BCUT2D eigenvalue weighted by Gasteiger charge is -2.06. The number of aromatic nitrogens is 2. The van der Waals surface area contributed by atoms with Gasteiger partial charge in [0.25, 0.3) is 0 Å². The molecule has 0 saturated heterocycles. The van der Waals surface area contributed by atoms with Crippen molar-refractivity contribution in [2.24, 2.45) is 0 Å². The molecule has 0 aliphatic heterocycles. The van der Waals surface area contributed by atoms with Crippen LogP contribution in [0.15, 0.2) is 36.8 Å². The molecule has 0 fully saturated rings. The molecular weight excluding hydrogens is 278 g/mol. The van der Waals surface area contributed by atoms with Crippen LogP contribution in [0.5, 0.6) is 11.6 Å². The monoisotopic (exact) mass is 293 g/mol. The van der Waals surface area contributed by atoms with Crippen LogP contribution in [0.1, 0.15) is 5.56 Å². The molecule has 1 N–H and O–H groups in total. The number of nitrogens with one attached hydrogen (secondary N) is 1. The number of halogens is 1. The first-order chi connectivity index (χ1) is 9.78. The molecule has 0 radical (unpaired) electrons. The van der Waals surface area contributed by atoms with E-state index in [1.165, 1.54) is 0 Å². The van der Waals surface area contributed by atoms with Crippen molar-refractivity contribution in [2.75, 3.05) is 20.3 Å². The second-order valence-corrected chi connectivity index (χ2v) is 4.55. The molecule has 5 nitrogen and oxygen atoms in total. The van der Waals surface area contributed by atoms with Crippen LogP contribution < -0.4 is 10.1 Å². The Morgan fingerprint density at radius 1 is 1.25 bits per heavy atom. The maximum absolute atomic E-state index is 5.84. The third kappa shape index (κ3) is 4.77. The molecule has 0 aliphatic carbocycles. The van der Waals surface area contributed by atoms with E-state index in [1.54, 1.807) is 31.8 Å². The summed E-state index contributed by atoms with van der Waals surface area (Å²) < 4.78 is 10.5. The number of hydrogen-bond acceptors (Lipinski definition) is 5. The highest BCUT2D eigenvalue weighted by Gasteiger charge is 2.01. The van der Waals surface area contributed by atoms with Gasteiger partial charge in [-0.05, 0) is 5.56 Å². The van der Waals surface area contributed by atoms with Crippen LogP contribution in [0.25, 0.3) is 0 Å². The smallest absolute Gasteiger partial charge is 0.219 e. The highest BCUT2D eigenvalue weighted by atomic mass is 35.5. The highest BCUT2D eigenvalue weighted by Crippen LogP contribution is 2.21. The molecule has 0 saturated carbocycles. The van der Waals surface area contributed by atoms with E-state index < -0.39 is 0 Å². The van der Waals surface area contributed by atoms with Crippen LogP contribution in [-0.4, -0.2) is 30.2 Å². The second-order valence-electron chi connectivity index (χ2n) is 4.12. The molecule has 0 amide bonds. The Hall–Kier alpha value is -1.69. The molecule has 0 atom stereocenters. The van der Waals surface area contributed by atoms with Gasteiger partial charge >= 0.3 is 0 Å². The van der Waals surface area contributed by atoms with Crippen molar-refractivity contribution < 1.29 is 9.47 Å². The molecule has 106 valence electrons. The van der Waals surface area contributed by atoms with Gasteiger partial charge in [0.2, 0.25) is 5.88 Å². The minimum atomic E-state index is 0.509. The Morgan fingerprint density at radius 2 is 2.15 bits per heavy atom. The van der Waals surface area contributed by atoms with Crippen molar-refractivity contribution in [1.82, 2.24) is 15.3 Å². The van der Waals surface area contributed by atoms with Crippen LogP contribution >= 0.6 is 11.6 Å². The number of pyridine rings is 2. The summed E-state index contributed by atoms with van der Waals surface area (Å²) in [5.41, 5.74) is 1.08. The lowest BCUT2D eigenvalue weighted by Crippen LogP contribution is -2.18. The Morgan fingerprint density at radius 3 is 2.85 bits per heavy atom. The first-order valence-electron chi connectivity index (χ1n) is 6.21. The van der Waals surface area contributed by atoms with E-state index in [0.29, 0.717) is 23.3 Å². The van der Waals surface area contributed by atoms with E-state index in [2.05, 4.69) is 15.3 Å². The summed E-state index contributed by atoms with van der Waals surface area (Å²) in [4.78, 5) is 8.19. The van der Waals surface area contributed by atoms with Crippen molar-refractivity contribution in [2.45, 2.75) is 6.54 Å². The van der Waals surface area contributed by atoms with E-state index in [1.807, 2.05) is 12.1 Å². The fraction of sp³-hybridized carbons (Fsp3) is 0.286. The van der Waals surface area contributed by atoms with Crippen LogP contribution in [0.3, 0.4) is 0 Å². The minimum absolute atomic E-state index is 0.509. The van der Waals surface area contributed by atoms with E-state index >= 15 is 0 Å². The van der Waals surface area contributed by atoms with Crippen LogP contribution in [0, 0.1) is 0 Å². The summed E-state index contributed by atoms with van der Waals surface area (Å²) in [6.45, 7) is 2.24. The maximum atomic E-state index is 5.84. The van der Waals surface area contributed by atoms with Crippen LogP contribution in [-0.2, 0) is 11.3 Å². The van der Waals surface area contributed by atoms with Gasteiger partial charge in [-0.25, -0.2) is 4.98 Å². The molecular formula is C14H16ClN3O2. The predicted molar refractivity (Wildman–Crippen MR) is 77.1 cm³/mol. The number of ether oxygens (including phenoxy) is 2. The quantitative estimate of drug-likeness (QED) is 0.795. The molecule has 0 bridgehead atoms. The SMILES string of the molecule is COCCNCc1ccc(Oc2cncc(Cl)c2)nc1. The fourth-order valence-corrected chi connectivity index (χ4v) is 1.72. The van der Waals surface area contributed by atoms with E-state index in [-0.39, 0.29) is 0 Å². The summed E-state index contributed by atoms with van der Waals surface area (Å²) >= 11 is 5.84. The Bertz CT molecular complexity index is 534. The van der Waals surface area contributed by atoms with Gasteiger partial charge in [-0.3, -0.25) is 4.98 Å². The molecule has 2 rings (SSSR count). The van der Waals surface area contributed by atoms with Gasteiger partial charge in [-0.1, -0.05) is 17.7 Å². The van der Waals surface area contributed by atoms with Crippen molar-refractivity contribution in [1.29, 1.82) is 0 Å². The molecule has 0 spiro atoms.